The van der Waals surface area contributed by atoms with Crippen molar-refractivity contribution >= 4 is 43.6 Å². The normalized spacial score (nSPS) is 11.4. The van der Waals surface area contributed by atoms with Crippen LogP contribution < -0.4 is 0 Å². The van der Waals surface area contributed by atoms with E-state index < -0.39 is 0 Å². The van der Waals surface area contributed by atoms with Crippen LogP contribution in [0.25, 0.3) is 111 Å². The van der Waals surface area contributed by atoms with Crippen LogP contribution in [0.3, 0.4) is 0 Å². The molecule has 318 valence electrons. The minimum absolute atomic E-state index is 0.476. The Bertz CT molecular complexity index is 3840. The number of nitrogens with zero attached hydrogens (tertiary/aromatic N) is 6. The standard InChI is InChI=1S/C62H40N6/c1-39-12-10-16-42(30-39)44-24-28-60-54(32-44)50-18-6-8-20-58(50)67(60)48-26-22-46(37-63)52(34-48)56-36-57(66-62(65-56)41-14-4-3-5-15-41)53-35-49(27-23-47(53)38-64)68-59-21-9-7-19-51(59)55-33-45(25-29-61(55)68)43-17-11-13-40(2)31-43/h3-36H,1-2H3. The summed E-state index contributed by atoms with van der Waals surface area (Å²) in [5, 5.41) is 26.0. The van der Waals surface area contributed by atoms with E-state index in [1.54, 1.807) is 0 Å². The Morgan fingerprint density at radius 1 is 0.353 bits per heavy atom. The third-order valence-electron chi connectivity index (χ3n) is 13.1. The molecular weight excluding hydrogens is 829 g/mol. The fourth-order valence-electron chi connectivity index (χ4n) is 9.91. The van der Waals surface area contributed by atoms with Crippen molar-refractivity contribution in [2.24, 2.45) is 0 Å². The third-order valence-corrected chi connectivity index (χ3v) is 13.1. The van der Waals surface area contributed by atoms with Crippen molar-refractivity contribution in [3.05, 3.63) is 229 Å². The van der Waals surface area contributed by atoms with Gasteiger partial charge in [-0.15, -0.1) is 0 Å². The van der Waals surface area contributed by atoms with Crippen molar-refractivity contribution in [2.45, 2.75) is 13.8 Å². The molecule has 0 unspecified atom stereocenters. The lowest BCUT2D eigenvalue weighted by atomic mass is 9.99. The van der Waals surface area contributed by atoms with Crippen molar-refractivity contribution in [3.8, 4) is 79.7 Å². The van der Waals surface area contributed by atoms with Gasteiger partial charge in [-0.05, 0) is 115 Å². The van der Waals surface area contributed by atoms with Crippen LogP contribution in [-0.4, -0.2) is 19.1 Å². The predicted molar refractivity (Wildman–Crippen MR) is 277 cm³/mol. The molecule has 0 radical (unpaired) electrons. The van der Waals surface area contributed by atoms with Gasteiger partial charge in [0.25, 0.3) is 0 Å². The van der Waals surface area contributed by atoms with Crippen molar-refractivity contribution in [3.63, 3.8) is 0 Å². The fourth-order valence-corrected chi connectivity index (χ4v) is 9.91. The number of benzene rings is 9. The molecule has 0 atom stereocenters. The van der Waals surface area contributed by atoms with Gasteiger partial charge in [0.1, 0.15) is 0 Å². The number of aryl methyl sites for hydroxylation is 2. The van der Waals surface area contributed by atoms with Gasteiger partial charge in [0.2, 0.25) is 0 Å². The second-order valence-electron chi connectivity index (χ2n) is 17.4. The SMILES string of the molecule is Cc1cccc(-c2ccc3c(c2)c2ccccc2n3-c2ccc(C#N)c(-c3cc(-c4cc(-n5c6ccccc6c6cc(-c7cccc(C)c7)ccc65)ccc4C#N)nc(-c4ccccc4)n3)c2)c1. The molecule has 0 aliphatic rings. The summed E-state index contributed by atoms with van der Waals surface area (Å²) < 4.78 is 4.53. The maximum Gasteiger partial charge on any atom is 0.160 e. The lowest BCUT2D eigenvalue weighted by Crippen LogP contribution is -2.01. The van der Waals surface area contributed by atoms with Gasteiger partial charge in [0, 0.05) is 49.6 Å². The van der Waals surface area contributed by atoms with Gasteiger partial charge in [-0.25, -0.2) is 9.97 Å². The highest BCUT2D eigenvalue weighted by molar-refractivity contribution is 6.12. The topological polar surface area (TPSA) is 83.2 Å². The van der Waals surface area contributed by atoms with Crippen LogP contribution in [0, 0.1) is 36.5 Å². The summed E-state index contributed by atoms with van der Waals surface area (Å²) in [4.78, 5) is 10.4. The number of fused-ring (bicyclic) bond motifs is 6. The molecule has 0 bridgehead atoms. The van der Waals surface area contributed by atoms with Crippen LogP contribution in [0.2, 0.25) is 0 Å². The van der Waals surface area contributed by atoms with E-state index in [-0.39, 0.29) is 0 Å². The van der Waals surface area contributed by atoms with Crippen LogP contribution in [-0.2, 0) is 0 Å². The molecule has 0 spiro atoms. The first-order valence-electron chi connectivity index (χ1n) is 22.7. The molecule has 0 fully saturated rings. The van der Waals surface area contributed by atoms with Crippen molar-refractivity contribution in [1.82, 2.24) is 19.1 Å². The van der Waals surface area contributed by atoms with Crippen molar-refractivity contribution < 1.29 is 0 Å². The van der Waals surface area contributed by atoms with E-state index in [9.17, 15) is 10.5 Å². The second-order valence-corrected chi connectivity index (χ2v) is 17.4. The molecule has 9 aromatic carbocycles. The molecule has 3 aromatic heterocycles. The second kappa shape index (κ2) is 16.3. The highest BCUT2D eigenvalue weighted by Crippen LogP contribution is 2.40. The van der Waals surface area contributed by atoms with Gasteiger partial charge < -0.3 is 9.13 Å². The Morgan fingerprint density at radius 3 is 1.25 bits per heavy atom. The van der Waals surface area contributed by atoms with E-state index in [0.717, 1.165) is 71.7 Å². The average Bonchev–Trinajstić information content (AvgIpc) is 3.90. The minimum atomic E-state index is 0.476. The summed E-state index contributed by atoms with van der Waals surface area (Å²) >= 11 is 0. The van der Waals surface area contributed by atoms with Crippen molar-refractivity contribution in [2.75, 3.05) is 0 Å². The van der Waals surface area contributed by atoms with Gasteiger partial charge in [-0.2, -0.15) is 10.5 Å². The quantitative estimate of drug-likeness (QED) is 0.160. The van der Waals surface area contributed by atoms with Crippen LogP contribution >= 0.6 is 0 Å². The lowest BCUT2D eigenvalue weighted by Gasteiger charge is -2.15. The zero-order valence-electron chi connectivity index (χ0n) is 37.3. The summed E-state index contributed by atoms with van der Waals surface area (Å²) in [7, 11) is 0. The smallest absolute Gasteiger partial charge is 0.160 e. The molecule has 0 saturated carbocycles. The van der Waals surface area contributed by atoms with E-state index in [1.807, 2.05) is 60.7 Å². The van der Waals surface area contributed by atoms with E-state index in [4.69, 9.17) is 9.97 Å². The number of para-hydroxylation sites is 2. The van der Waals surface area contributed by atoms with Crippen LogP contribution in [0.1, 0.15) is 22.3 Å². The Balaban J connectivity index is 1.04. The summed E-state index contributed by atoms with van der Waals surface area (Å²) in [6, 6.07) is 76.0. The van der Waals surface area contributed by atoms with Gasteiger partial charge >= 0.3 is 0 Å². The number of hydrogen-bond acceptors (Lipinski definition) is 4. The molecule has 68 heavy (non-hydrogen) atoms. The largest absolute Gasteiger partial charge is 0.309 e. The average molecular weight is 869 g/mol. The molecule has 12 rings (SSSR count). The predicted octanol–water partition coefficient (Wildman–Crippen LogP) is 15.4. The van der Waals surface area contributed by atoms with Crippen LogP contribution in [0.15, 0.2) is 206 Å². The molecule has 0 aliphatic heterocycles. The number of aromatic nitrogens is 4. The summed E-state index contributed by atoms with van der Waals surface area (Å²) in [5.74, 6) is 0.489. The van der Waals surface area contributed by atoms with Crippen molar-refractivity contribution in [1.29, 1.82) is 10.5 Å². The number of hydrogen-bond donors (Lipinski definition) is 0. The van der Waals surface area contributed by atoms with E-state index in [0.29, 0.717) is 39.5 Å². The lowest BCUT2D eigenvalue weighted by molar-refractivity contribution is 1.15. The highest BCUT2D eigenvalue weighted by atomic mass is 15.0. The Labute approximate surface area is 393 Å². The van der Waals surface area contributed by atoms with Gasteiger partial charge in [-0.1, -0.05) is 139 Å². The fraction of sp³-hybridized carbons (Fsp3) is 0.0323. The maximum atomic E-state index is 10.7. The first-order valence-corrected chi connectivity index (χ1v) is 22.7. The molecular formula is C62H40N6. The molecule has 0 N–H and O–H groups in total. The molecule has 6 nitrogen and oxygen atoms in total. The molecule has 0 aliphatic carbocycles. The Hall–Kier alpha value is -9.36. The van der Waals surface area contributed by atoms with Crippen LogP contribution in [0.4, 0.5) is 0 Å². The molecule has 6 heteroatoms. The van der Waals surface area contributed by atoms with Crippen LogP contribution in [0.5, 0.6) is 0 Å². The Kier molecular flexibility index (Phi) is 9.61. The number of rotatable bonds is 7. The Morgan fingerprint density at radius 2 is 0.779 bits per heavy atom. The number of nitriles is 2. The zero-order valence-corrected chi connectivity index (χ0v) is 37.3. The minimum Gasteiger partial charge on any atom is -0.309 e. The summed E-state index contributed by atoms with van der Waals surface area (Å²) in [5.41, 5.74) is 17.3. The van der Waals surface area contributed by atoms with Gasteiger partial charge in [-0.3, -0.25) is 0 Å². The summed E-state index contributed by atoms with van der Waals surface area (Å²) in [6.45, 7) is 4.24. The zero-order chi connectivity index (χ0) is 45.9. The summed E-state index contributed by atoms with van der Waals surface area (Å²) in [6.07, 6.45) is 0. The van der Waals surface area contributed by atoms with E-state index >= 15 is 0 Å². The monoisotopic (exact) mass is 868 g/mol. The molecule has 0 amide bonds. The molecule has 0 saturated heterocycles. The first kappa shape index (κ1) is 40.2. The maximum absolute atomic E-state index is 10.7. The third kappa shape index (κ3) is 6.80. The molecule has 12 aromatic rings. The highest BCUT2D eigenvalue weighted by Gasteiger charge is 2.21. The molecule has 3 heterocycles. The van der Waals surface area contributed by atoms with E-state index in [1.165, 1.54) is 22.3 Å². The van der Waals surface area contributed by atoms with Gasteiger partial charge in [0.05, 0.1) is 56.7 Å². The first-order chi connectivity index (χ1) is 33.4. The van der Waals surface area contributed by atoms with E-state index in [2.05, 4.69) is 181 Å². The van der Waals surface area contributed by atoms with Gasteiger partial charge in [0.15, 0.2) is 5.82 Å².